The van der Waals surface area contributed by atoms with Crippen LogP contribution in [0.2, 0.25) is 4.34 Å². The highest BCUT2D eigenvalue weighted by atomic mass is 35.5. The minimum absolute atomic E-state index is 0.162. The van der Waals surface area contributed by atoms with E-state index in [1.807, 2.05) is 24.0 Å². The van der Waals surface area contributed by atoms with Gasteiger partial charge in [0.1, 0.15) is 0 Å². The molecule has 0 spiro atoms. The van der Waals surface area contributed by atoms with E-state index in [-0.39, 0.29) is 17.9 Å². The van der Waals surface area contributed by atoms with Crippen LogP contribution in [0.4, 0.5) is 0 Å². The number of amides is 1. The summed E-state index contributed by atoms with van der Waals surface area (Å²) in [4.78, 5) is 15.6. The van der Waals surface area contributed by atoms with Crippen LogP contribution in [0.25, 0.3) is 0 Å². The monoisotopic (exact) mass is 300 g/mol. The fourth-order valence-electron chi connectivity index (χ4n) is 2.59. The largest absolute Gasteiger partial charge is 0.338 e. The van der Waals surface area contributed by atoms with Crippen molar-refractivity contribution in [3.8, 4) is 0 Å². The summed E-state index contributed by atoms with van der Waals surface area (Å²) in [5.41, 5.74) is 5.89. The topological polar surface area (TPSA) is 46.3 Å². The van der Waals surface area contributed by atoms with Crippen LogP contribution in [0.15, 0.2) is 12.1 Å². The minimum Gasteiger partial charge on any atom is -0.338 e. The number of halogens is 1. The second kappa shape index (κ2) is 6.73. The van der Waals surface area contributed by atoms with Crippen molar-refractivity contribution >= 4 is 28.8 Å². The predicted molar refractivity (Wildman–Crippen MR) is 80.4 cm³/mol. The second-order valence-corrected chi connectivity index (χ2v) is 6.97. The van der Waals surface area contributed by atoms with Gasteiger partial charge in [-0.25, -0.2) is 0 Å². The van der Waals surface area contributed by atoms with E-state index in [0.717, 1.165) is 41.4 Å². The Labute approximate surface area is 123 Å². The van der Waals surface area contributed by atoms with E-state index in [1.54, 1.807) is 11.3 Å². The molecular weight excluding hydrogens is 280 g/mol. The van der Waals surface area contributed by atoms with Crippen molar-refractivity contribution in [3.63, 3.8) is 0 Å². The van der Waals surface area contributed by atoms with Crippen LogP contribution in [-0.2, 0) is 11.3 Å². The molecular formula is C14H21ClN2OS. The number of nitrogens with two attached hydrogens (primary N) is 1. The molecule has 0 radical (unpaired) electrons. The van der Waals surface area contributed by atoms with Gasteiger partial charge in [0.05, 0.1) is 10.9 Å². The van der Waals surface area contributed by atoms with Gasteiger partial charge in [0.2, 0.25) is 5.91 Å². The number of rotatable bonds is 4. The minimum atomic E-state index is 0.162. The molecule has 0 bridgehead atoms. The van der Waals surface area contributed by atoms with Gasteiger partial charge in [-0.15, -0.1) is 11.3 Å². The Balaban J connectivity index is 1.95. The quantitative estimate of drug-likeness (QED) is 0.927. The maximum absolute atomic E-state index is 12.5. The van der Waals surface area contributed by atoms with Gasteiger partial charge in [0.25, 0.3) is 0 Å². The van der Waals surface area contributed by atoms with Gasteiger partial charge in [0.15, 0.2) is 0 Å². The Morgan fingerprint density at radius 1 is 1.42 bits per heavy atom. The summed E-state index contributed by atoms with van der Waals surface area (Å²) < 4.78 is 0.780. The summed E-state index contributed by atoms with van der Waals surface area (Å²) in [6, 6.07) is 4.18. The molecule has 3 nitrogen and oxygen atoms in total. The van der Waals surface area contributed by atoms with E-state index in [1.165, 1.54) is 0 Å². The van der Waals surface area contributed by atoms with Crippen molar-refractivity contribution in [3.05, 3.63) is 21.3 Å². The van der Waals surface area contributed by atoms with Crippen LogP contribution in [0, 0.1) is 5.92 Å². The Kier molecular flexibility index (Phi) is 5.25. The number of carbonyl (C=O) groups excluding carboxylic acids is 1. The summed E-state index contributed by atoms with van der Waals surface area (Å²) in [7, 11) is 0. The molecule has 5 heteroatoms. The molecule has 0 aromatic carbocycles. The lowest BCUT2D eigenvalue weighted by Gasteiger charge is -2.30. The lowest BCUT2D eigenvalue weighted by molar-refractivity contribution is -0.137. The summed E-state index contributed by atoms with van der Waals surface area (Å²) in [6.45, 7) is 3.45. The highest BCUT2D eigenvalue weighted by Crippen LogP contribution is 2.27. The van der Waals surface area contributed by atoms with Crippen molar-refractivity contribution < 1.29 is 4.79 Å². The number of carbonyl (C=O) groups is 1. The molecule has 1 aromatic heterocycles. The maximum atomic E-state index is 12.5. The van der Waals surface area contributed by atoms with Crippen molar-refractivity contribution in [1.29, 1.82) is 0 Å². The lowest BCUT2D eigenvalue weighted by Crippen LogP contribution is -2.38. The van der Waals surface area contributed by atoms with Gasteiger partial charge >= 0.3 is 0 Å². The second-order valence-electron chi connectivity index (χ2n) is 5.17. The first-order valence-corrected chi connectivity index (χ1v) is 8.08. The number of hydrogen-bond acceptors (Lipinski definition) is 3. The standard InChI is InChI=1S/C14H21ClN2OS/c1-2-17(9-12-7-8-13(15)19-12)14(18)10-3-5-11(16)6-4-10/h7-8,10-11H,2-6,9,16H2,1H3. The summed E-state index contributed by atoms with van der Waals surface area (Å²) in [5, 5.41) is 0. The highest BCUT2D eigenvalue weighted by Gasteiger charge is 2.27. The van der Waals surface area contributed by atoms with Gasteiger partial charge < -0.3 is 10.6 Å². The Morgan fingerprint density at radius 2 is 2.11 bits per heavy atom. The fourth-order valence-corrected chi connectivity index (χ4v) is 3.70. The molecule has 0 unspecified atom stereocenters. The molecule has 0 aliphatic heterocycles. The average Bonchev–Trinajstić information content (AvgIpc) is 2.81. The van der Waals surface area contributed by atoms with Gasteiger partial charge in [-0.05, 0) is 44.7 Å². The van der Waals surface area contributed by atoms with Crippen LogP contribution in [0.3, 0.4) is 0 Å². The van der Waals surface area contributed by atoms with E-state index in [4.69, 9.17) is 17.3 Å². The van der Waals surface area contributed by atoms with Gasteiger partial charge in [-0.3, -0.25) is 4.79 Å². The van der Waals surface area contributed by atoms with Crippen LogP contribution in [0.1, 0.15) is 37.5 Å². The molecule has 1 amide bonds. The number of thiophene rings is 1. The lowest BCUT2D eigenvalue weighted by atomic mass is 9.85. The number of nitrogens with zero attached hydrogens (tertiary/aromatic N) is 1. The van der Waals surface area contributed by atoms with Crippen LogP contribution < -0.4 is 5.73 Å². The molecule has 2 N–H and O–H groups in total. The normalized spacial score (nSPS) is 23.3. The Bertz CT molecular complexity index is 427. The molecule has 1 heterocycles. The van der Waals surface area contributed by atoms with Crippen molar-refractivity contribution in [1.82, 2.24) is 4.90 Å². The van der Waals surface area contributed by atoms with Gasteiger partial charge in [0, 0.05) is 23.4 Å². The van der Waals surface area contributed by atoms with E-state index in [9.17, 15) is 4.79 Å². The zero-order chi connectivity index (χ0) is 13.8. The third kappa shape index (κ3) is 3.94. The van der Waals surface area contributed by atoms with Crippen molar-refractivity contribution in [2.75, 3.05) is 6.54 Å². The summed E-state index contributed by atoms with van der Waals surface area (Å²) in [5.74, 6) is 0.439. The maximum Gasteiger partial charge on any atom is 0.225 e. The Morgan fingerprint density at radius 3 is 2.63 bits per heavy atom. The van der Waals surface area contributed by atoms with E-state index in [2.05, 4.69) is 0 Å². The smallest absolute Gasteiger partial charge is 0.225 e. The molecule has 1 fully saturated rings. The number of hydrogen-bond donors (Lipinski definition) is 1. The zero-order valence-electron chi connectivity index (χ0n) is 11.3. The van der Waals surface area contributed by atoms with Crippen LogP contribution in [0.5, 0.6) is 0 Å². The Hall–Kier alpha value is -0.580. The van der Waals surface area contributed by atoms with E-state index < -0.39 is 0 Å². The SMILES string of the molecule is CCN(Cc1ccc(Cl)s1)C(=O)C1CCC(N)CC1. The summed E-state index contributed by atoms with van der Waals surface area (Å²) in [6.07, 6.45) is 3.81. The van der Waals surface area contributed by atoms with Gasteiger partial charge in [-0.2, -0.15) is 0 Å². The third-order valence-corrected chi connectivity index (χ3v) is 5.01. The first-order chi connectivity index (χ1) is 9.10. The molecule has 106 valence electrons. The van der Waals surface area contributed by atoms with Crippen molar-refractivity contribution in [2.45, 2.75) is 45.2 Å². The van der Waals surface area contributed by atoms with E-state index in [0.29, 0.717) is 6.54 Å². The first kappa shape index (κ1) is 14.8. The molecule has 1 aliphatic rings. The molecule has 0 saturated heterocycles. The first-order valence-electron chi connectivity index (χ1n) is 6.88. The molecule has 1 aromatic rings. The van der Waals surface area contributed by atoms with E-state index >= 15 is 0 Å². The highest BCUT2D eigenvalue weighted by molar-refractivity contribution is 7.16. The van der Waals surface area contributed by atoms with Crippen LogP contribution >= 0.6 is 22.9 Å². The predicted octanol–water partition coefficient (Wildman–Crippen LogP) is 3.27. The molecule has 0 atom stereocenters. The zero-order valence-corrected chi connectivity index (χ0v) is 12.8. The molecule has 1 aliphatic carbocycles. The molecule has 19 heavy (non-hydrogen) atoms. The third-order valence-electron chi connectivity index (χ3n) is 3.79. The van der Waals surface area contributed by atoms with Gasteiger partial charge in [-0.1, -0.05) is 11.6 Å². The molecule has 2 rings (SSSR count). The van der Waals surface area contributed by atoms with Crippen LogP contribution in [-0.4, -0.2) is 23.4 Å². The van der Waals surface area contributed by atoms with Crippen molar-refractivity contribution in [2.24, 2.45) is 11.7 Å². The summed E-state index contributed by atoms with van der Waals surface area (Å²) >= 11 is 7.48. The average molecular weight is 301 g/mol. The molecule has 1 saturated carbocycles. The fraction of sp³-hybridized carbons (Fsp3) is 0.643.